The Kier molecular flexibility index (Phi) is 3.53. The number of nitrogens with zero attached hydrogens (tertiary/aromatic N) is 1. The van der Waals surface area contributed by atoms with E-state index >= 15 is 0 Å². The van der Waals surface area contributed by atoms with Crippen LogP contribution in [0.1, 0.15) is 37.2 Å². The SMILES string of the molecule is N#CC(C(=O)CC1CCC1)c1cccc(F)c1. The molecule has 1 unspecified atom stereocenters. The van der Waals surface area contributed by atoms with Gasteiger partial charge in [0.15, 0.2) is 5.78 Å². The van der Waals surface area contributed by atoms with Gasteiger partial charge in [-0.05, 0) is 23.6 Å². The van der Waals surface area contributed by atoms with Crippen molar-refractivity contribution in [1.82, 2.24) is 0 Å². The summed E-state index contributed by atoms with van der Waals surface area (Å²) in [6.07, 6.45) is 3.78. The number of hydrogen-bond acceptors (Lipinski definition) is 2. The Bertz CT molecular complexity index is 460. The van der Waals surface area contributed by atoms with Gasteiger partial charge in [0.05, 0.1) is 6.07 Å². The van der Waals surface area contributed by atoms with Gasteiger partial charge in [0.2, 0.25) is 0 Å². The Morgan fingerprint density at radius 1 is 1.53 bits per heavy atom. The van der Waals surface area contributed by atoms with E-state index in [0.717, 1.165) is 12.8 Å². The summed E-state index contributed by atoms with van der Waals surface area (Å²) in [5, 5.41) is 9.05. The van der Waals surface area contributed by atoms with Crippen molar-refractivity contribution in [1.29, 1.82) is 5.26 Å². The number of carbonyl (C=O) groups excluding carboxylic acids is 1. The highest BCUT2D eigenvalue weighted by atomic mass is 19.1. The van der Waals surface area contributed by atoms with E-state index in [9.17, 15) is 9.18 Å². The van der Waals surface area contributed by atoms with Crippen molar-refractivity contribution < 1.29 is 9.18 Å². The summed E-state index contributed by atoms with van der Waals surface area (Å²) in [4.78, 5) is 11.9. The van der Waals surface area contributed by atoms with Crippen LogP contribution in [0.3, 0.4) is 0 Å². The highest BCUT2D eigenvalue weighted by Crippen LogP contribution is 2.32. The lowest BCUT2D eigenvalue weighted by atomic mass is 9.79. The lowest BCUT2D eigenvalue weighted by Crippen LogP contribution is -2.20. The van der Waals surface area contributed by atoms with Gasteiger partial charge >= 0.3 is 0 Å². The molecule has 0 bridgehead atoms. The van der Waals surface area contributed by atoms with E-state index in [1.807, 2.05) is 6.07 Å². The maximum absolute atomic E-state index is 13.0. The number of halogens is 1. The smallest absolute Gasteiger partial charge is 0.154 e. The first kappa shape index (κ1) is 11.8. The average molecular weight is 231 g/mol. The standard InChI is InChI=1S/C14H14FNO/c15-12-6-2-5-11(8-12)13(9-16)14(17)7-10-3-1-4-10/h2,5-6,8,10,13H,1,3-4,7H2. The van der Waals surface area contributed by atoms with E-state index < -0.39 is 11.7 Å². The number of benzene rings is 1. The molecule has 0 aromatic heterocycles. The molecule has 1 atom stereocenters. The molecule has 0 heterocycles. The van der Waals surface area contributed by atoms with Crippen LogP contribution in [0.4, 0.5) is 4.39 Å². The summed E-state index contributed by atoms with van der Waals surface area (Å²) < 4.78 is 13.0. The van der Waals surface area contributed by atoms with Crippen LogP contribution in [-0.4, -0.2) is 5.78 Å². The Morgan fingerprint density at radius 3 is 2.82 bits per heavy atom. The molecule has 17 heavy (non-hydrogen) atoms. The normalized spacial score (nSPS) is 16.9. The molecule has 88 valence electrons. The molecular weight excluding hydrogens is 217 g/mol. The second-order valence-corrected chi connectivity index (χ2v) is 4.58. The predicted molar refractivity (Wildman–Crippen MR) is 61.7 cm³/mol. The van der Waals surface area contributed by atoms with Crippen molar-refractivity contribution in [2.75, 3.05) is 0 Å². The van der Waals surface area contributed by atoms with E-state index in [1.54, 1.807) is 6.07 Å². The van der Waals surface area contributed by atoms with E-state index in [4.69, 9.17) is 5.26 Å². The van der Waals surface area contributed by atoms with Crippen molar-refractivity contribution >= 4 is 5.78 Å². The molecule has 3 heteroatoms. The molecule has 0 N–H and O–H groups in total. The number of nitriles is 1. The van der Waals surface area contributed by atoms with E-state index in [-0.39, 0.29) is 5.78 Å². The molecule has 2 rings (SSSR count). The summed E-state index contributed by atoms with van der Waals surface area (Å²) >= 11 is 0. The molecule has 0 saturated heterocycles. The second-order valence-electron chi connectivity index (χ2n) is 4.58. The van der Waals surface area contributed by atoms with Gasteiger partial charge in [0.1, 0.15) is 11.7 Å². The fraction of sp³-hybridized carbons (Fsp3) is 0.429. The van der Waals surface area contributed by atoms with Crippen molar-refractivity contribution in [2.24, 2.45) is 5.92 Å². The summed E-state index contributed by atoms with van der Waals surface area (Å²) in [5.74, 6) is -0.861. The summed E-state index contributed by atoms with van der Waals surface area (Å²) in [6, 6.07) is 7.73. The average Bonchev–Trinajstić information content (AvgIpc) is 2.25. The minimum atomic E-state index is -0.814. The van der Waals surface area contributed by atoms with Crippen molar-refractivity contribution in [3.63, 3.8) is 0 Å². The van der Waals surface area contributed by atoms with Gasteiger partial charge in [-0.2, -0.15) is 5.26 Å². The van der Waals surface area contributed by atoms with Gasteiger partial charge in [-0.25, -0.2) is 4.39 Å². The molecule has 0 aliphatic heterocycles. The Balaban J connectivity index is 2.10. The van der Waals surface area contributed by atoms with Crippen LogP contribution in [0.15, 0.2) is 24.3 Å². The van der Waals surface area contributed by atoms with Crippen LogP contribution in [-0.2, 0) is 4.79 Å². The molecule has 1 aliphatic carbocycles. The van der Waals surface area contributed by atoms with Gasteiger partial charge in [0.25, 0.3) is 0 Å². The first-order chi connectivity index (χ1) is 8.20. The lowest BCUT2D eigenvalue weighted by Gasteiger charge is -2.25. The summed E-state index contributed by atoms with van der Waals surface area (Å²) in [7, 11) is 0. The van der Waals surface area contributed by atoms with Crippen molar-refractivity contribution in [3.8, 4) is 6.07 Å². The van der Waals surface area contributed by atoms with Crippen LogP contribution >= 0.6 is 0 Å². The van der Waals surface area contributed by atoms with Crippen LogP contribution in [0.2, 0.25) is 0 Å². The third-order valence-electron chi connectivity index (χ3n) is 3.35. The first-order valence-electron chi connectivity index (χ1n) is 5.88. The molecule has 0 radical (unpaired) electrons. The molecule has 2 nitrogen and oxygen atoms in total. The largest absolute Gasteiger partial charge is 0.298 e. The Morgan fingerprint density at radius 2 is 2.29 bits per heavy atom. The van der Waals surface area contributed by atoms with Gasteiger partial charge in [0, 0.05) is 6.42 Å². The molecule has 1 saturated carbocycles. The Hall–Kier alpha value is -1.69. The third-order valence-corrected chi connectivity index (χ3v) is 3.35. The van der Waals surface area contributed by atoms with Gasteiger partial charge in [-0.1, -0.05) is 31.4 Å². The zero-order valence-electron chi connectivity index (χ0n) is 9.53. The number of ketones is 1. The molecule has 0 amide bonds. The summed E-state index contributed by atoms with van der Waals surface area (Å²) in [6.45, 7) is 0. The molecule has 1 aliphatic rings. The van der Waals surface area contributed by atoms with Gasteiger partial charge in [-0.3, -0.25) is 4.79 Å². The minimum absolute atomic E-state index is 0.0807. The molecular formula is C14H14FNO. The van der Waals surface area contributed by atoms with E-state index in [0.29, 0.717) is 17.9 Å². The van der Waals surface area contributed by atoms with Crippen LogP contribution in [0, 0.1) is 23.1 Å². The van der Waals surface area contributed by atoms with Gasteiger partial charge in [-0.15, -0.1) is 0 Å². The fourth-order valence-corrected chi connectivity index (χ4v) is 2.12. The van der Waals surface area contributed by atoms with E-state index in [2.05, 4.69) is 0 Å². The third kappa shape index (κ3) is 2.71. The van der Waals surface area contributed by atoms with Crippen LogP contribution < -0.4 is 0 Å². The molecule has 0 spiro atoms. The quantitative estimate of drug-likeness (QED) is 0.798. The predicted octanol–water partition coefficient (Wildman–Crippen LogP) is 3.19. The highest BCUT2D eigenvalue weighted by molar-refractivity contribution is 5.88. The second kappa shape index (κ2) is 5.09. The van der Waals surface area contributed by atoms with E-state index in [1.165, 1.54) is 24.6 Å². The minimum Gasteiger partial charge on any atom is -0.298 e. The molecule has 1 aromatic rings. The topological polar surface area (TPSA) is 40.9 Å². The Labute approximate surface area is 100 Å². The van der Waals surface area contributed by atoms with Crippen LogP contribution in [0.25, 0.3) is 0 Å². The number of Topliss-reactive ketones (excluding diaryl/α,β-unsaturated/α-hetero) is 1. The van der Waals surface area contributed by atoms with Crippen LogP contribution in [0.5, 0.6) is 0 Å². The number of hydrogen-bond donors (Lipinski definition) is 0. The summed E-state index contributed by atoms with van der Waals surface area (Å²) in [5.41, 5.74) is 0.469. The number of carbonyl (C=O) groups is 1. The maximum atomic E-state index is 13.0. The zero-order valence-corrected chi connectivity index (χ0v) is 9.53. The lowest BCUT2D eigenvalue weighted by molar-refractivity contribution is -0.120. The van der Waals surface area contributed by atoms with Gasteiger partial charge < -0.3 is 0 Å². The van der Waals surface area contributed by atoms with Crippen molar-refractivity contribution in [2.45, 2.75) is 31.6 Å². The molecule has 1 fully saturated rings. The monoisotopic (exact) mass is 231 g/mol. The van der Waals surface area contributed by atoms with Crippen molar-refractivity contribution in [3.05, 3.63) is 35.6 Å². The fourth-order valence-electron chi connectivity index (χ4n) is 2.12. The first-order valence-corrected chi connectivity index (χ1v) is 5.88. The highest BCUT2D eigenvalue weighted by Gasteiger charge is 2.26. The maximum Gasteiger partial charge on any atom is 0.154 e. The molecule has 1 aromatic carbocycles. The number of rotatable bonds is 4. The zero-order chi connectivity index (χ0) is 12.3.